The van der Waals surface area contributed by atoms with Crippen LogP contribution in [0.3, 0.4) is 0 Å². The zero-order valence-corrected chi connectivity index (χ0v) is 16.1. The molecule has 0 aliphatic rings. The van der Waals surface area contributed by atoms with Crippen LogP contribution in [0.25, 0.3) is 0 Å². The van der Waals surface area contributed by atoms with Gasteiger partial charge in [0, 0.05) is 19.4 Å². The van der Waals surface area contributed by atoms with Gasteiger partial charge in [-0.3, -0.25) is 9.59 Å². The number of ether oxygens (including phenoxy) is 1. The van der Waals surface area contributed by atoms with Crippen molar-refractivity contribution in [3.05, 3.63) is 29.3 Å². The van der Waals surface area contributed by atoms with Crippen LogP contribution in [0, 0.1) is 6.92 Å². The van der Waals surface area contributed by atoms with E-state index in [0.29, 0.717) is 17.9 Å². The normalized spacial score (nSPS) is 10.8. The minimum absolute atomic E-state index is 0.0581. The molecule has 0 saturated heterocycles. The number of carbonyl (C=O) groups excluding carboxylic acids is 2. The molecule has 0 radical (unpaired) electrons. The second kappa shape index (κ2) is 11.6. The first-order valence-corrected chi connectivity index (χ1v) is 9.18. The molecule has 1 aromatic carbocycles. The molecule has 25 heavy (non-hydrogen) atoms. The van der Waals surface area contributed by atoms with Gasteiger partial charge < -0.3 is 15.0 Å². The summed E-state index contributed by atoms with van der Waals surface area (Å²) in [6, 6.07) is 5.51. The van der Waals surface area contributed by atoms with Crippen molar-refractivity contribution in [2.75, 3.05) is 33.3 Å². The van der Waals surface area contributed by atoms with E-state index < -0.39 is 0 Å². The molecule has 0 fully saturated rings. The monoisotopic (exact) mass is 348 g/mol. The second-order valence-corrected chi connectivity index (χ2v) is 6.21. The molecule has 1 amide bonds. The van der Waals surface area contributed by atoms with Crippen LogP contribution in [0.2, 0.25) is 0 Å². The van der Waals surface area contributed by atoms with Crippen molar-refractivity contribution in [3.63, 3.8) is 0 Å². The summed E-state index contributed by atoms with van der Waals surface area (Å²) in [5.41, 5.74) is 1.55. The van der Waals surface area contributed by atoms with Crippen LogP contribution in [-0.2, 0) is 4.79 Å². The molecule has 0 aliphatic carbocycles. The minimum atomic E-state index is -0.0668. The number of hydrogen-bond donors (Lipinski definition) is 1. The Morgan fingerprint density at radius 2 is 1.84 bits per heavy atom. The van der Waals surface area contributed by atoms with Crippen LogP contribution in [0.4, 0.5) is 0 Å². The van der Waals surface area contributed by atoms with Crippen molar-refractivity contribution in [2.24, 2.45) is 0 Å². The van der Waals surface area contributed by atoms with E-state index >= 15 is 0 Å². The first-order valence-electron chi connectivity index (χ1n) is 9.18. The van der Waals surface area contributed by atoms with Crippen LogP contribution in [0.15, 0.2) is 18.2 Å². The Kier molecular flexibility index (Phi) is 9.85. The average Bonchev–Trinajstić information content (AvgIpc) is 2.62. The number of amides is 1. The van der Waals surface area contributed by atoms with Gasteiger partial charge in [0.1, 0.15) is 5.75 Å². The highest BCUT2D eigenvalue weighted by molar-refractivity contribution is 6.00. The molecule has 140 valence electrons. The standard InChI is InChI=1S/C20H32N2O3/c1-5-22(6-2)14-8-7-13-21-20(24)12-10-18(23)17-15-16(3)9-11-19(17)25-4/h9,11,15H,5-8,10,12-14H2,1-4H3,(H,21,24). The number of hydrogen-bond acceptors (Lipinski definition) is 4. The quantitative estimate of drug-likeness (QED) is 0.465. The molecule has 0 atom stereocenters. The third kappa shape index (κ3) is 7.69. The smallest absolute Gasteiger partial charge is 0.220 e. The van der Waals surface area contributed by atoms with Crippen LogP contribution >= 0.6 is 0 Å². The zero-order valence-electron chi connectivity index (χ0n) is 16.1. The molecule has 0 heterocycles. The lowest BCUT2D eigenvalue weighted by atomic mass is 10.0. The lowest BCUT2D eigenvalue weighted by Gasteiger charge is -2.17. The van der Waals surface area contributed by atoms with Crippen LogP contribution in [-0.4, -0.2) is 49.9 Å². The first-order chi connectivity index (χ1) is 12.0. The lowest BCUT2D eigenvalue weighted by molar-refractivity contribution is -0.121. The third-order valence-electron chi connectivity index (χ3n) is 4.35. The Bertz CT molecular complexity index is 554. The predicted octanol–water partition coefficient (Wildman–Crippen LogP) is 3.20. The summed E-state index contributed by atoms with van der Waals surface area (Å²) >= 11 is 0. The maximum Gasteiger partial charge on any atom is 0.220 e. The largest absolute Gasteiger partial charge is 0.496 e. The number of Topliss-reactive ketones (excluding diaryl/α,β-unsaturated/α-hetero) is 1. The average molecular weight is 348 g/mol. The van der Waals surface area contributed by atoms with Gasteiger partial charge in [0.25, 0.3) is 0 Å². The van der Waals surface area contributed by atoms with E-state index in [0.717, 1.165) is 38.0 Å². The summed E-state index contributed by atoms with van der Waals surface area (Å²) < 4.78 is 5.23. The molecular weight excluding hydrogens is 316 g/mol. The number of ketones is 1. The van der Waals surface area contributed by atoms with Crippen molar-refractivity contribution >= 4 is 11.7 Å². The molecule has 0 aliphatic heterocycles. The fourth-order valence-electron chi connectivity index (χ4n) is 2.72. The van der Waals surface area contributed by atoms with Gasteiger partial charge in [0.2, 0.25) is 5.91 Å². The number of nitrogens with one attached hydrogen (secondary N) is 1. The molecule has 0 aromatic heterocycles. The van der Waals surface area contributed by atoms with Crippen molar-refractivity contribution in [3.8, 4) is 5.75 Å². The van der Waals surface area contributed by atoms with E-state index in [1.54, 1.807) is 13.2 Å². The number of aryl methyl sites for hydroxylation is 1. The number of carbonyl (C=O) groups is 2. The van der Waals surface area contributed by atoms with Gasteiger partial charge in [0.05, 0.1) is 12.7 Å². The summed E-state index contributed by atoms with van der Waals surface area (Å²) in [4.78, 5) is 26.6. The van der Waals surface area contributed by atoms with Crippen molar-refractivity contribution < 1.29 is 14.3 Å². The van der Waals surface area contributed by atoms with E-state index in [2.05, 4.69) is 24.1 Å². The molecule has 1 aromatic rings. The van der Waals surface area contributed by atoms with Crippen molar-refractivity contribution in [1.29, 1.82) is 0 Å². The van der Waals surface area contributed by atoms with E-state index in [4.69, 9.17) is 4.74 Å². The summed E-state index contributed by atoms with van der Waals surface area (Å²) in [6.07, 6.45) is 2.44. The van der Waals surface area contributed by atoms with E-state index in [1.165, 1.54) is 0 Å². The Hall–Kier alpha value is -1.88. The van der Waals surface area contributed by atoms with Gasteiger partial charge >= 0.3 is 0 Å². The van der Waals surface area contributed by atoms with E-state index in [9.17, 15) is 9.59 Å². The first kappa shape index (κ1) is 21.2. The highest BCUT2D eigenvalue weighted by Gasteiger charge is 2.14. The molecule has 1 rings (SSSR count). The fraction of sp³-hybridized carbons (Fsp3) is 0.600. The van der Waals surface area contributed by atoms with Gasteiger partial charge in [-0.2, -0.15) is 0 Å². The van der Waals surface area contributed by atoms with Crippen molar-refractivity contribution in [1.82, 2.24) is 10.2 Å². The van der Waals surface area contributed by atoms with Crippen molar-refractivity contribution in [2.45, 2.75) is 46.5 Å². The number of benzene rings is 1. The Morgan fingerprint density at radius 1 is 1.12 bits per heavy atom. The molecule has 0 spiro atoms. The van der Waals surface area contributed by atoms with Gasteiger partial charge in [-0.1, -0.05) is 25.5 Å². The topological polar surface area (TPSA) is 58.6 Å². The summed E-state index contributed by atoms with van der Waals surface area (Å²) in [6.45, 7) is 10.1. The number of nitrogens with zero attached hydrogens (tertiary/aromatic N) is 1. The van der Waals surface area contributed by atoms with Crippen LogP contribution in [0.1, 0.15) is 55.5 Å². The fourth-order valence-corrected chi connectivity index (χ4v) is 2.72. The molecule has 5 nitrogen and oxygen atoms in total. The molecule has 0 bridgehead atoms. The molecule has 1 N–H and O–H groups in total. The zero-order chi connectivity index (χ0) is 18.7. The number of methoxy groups -OCH3 is 1. The molecule has 5 heteroatoms. The number of unbranched alkanes of at least 4 members (excludes halogenated alkanes) is 1. The maximum absolute atomic E-state index is 12.3. The third-order valence-corrected chi connectivity index (χ3v) is 4.35. The highest BCUT2D eigenvalue weighted by Crippen LogP contribution is 2.21. The molecule has 0 saturated carbocycles. The van der Waals surface area contributed by atoms with E-state index in [1.807, 2.05) is 19.1 Å². The van der Waals surface area contributed by atoms with Crippen LogP contribution < -0.4 is 10.1 Å². The lowest BCUT2D eigenvalue weighted by Crippen LogP contribution is -2.27. The minimum Gasteiger partial charge on any atom is -0.496 e. The maximum atomic E-state index is 12.3. The summed E-state index contributed by atoms with van der Waals surface area (Å²) in [5.74, 6) is 0.437. The second-order valence-electron chi connectivity index (χ2n) is 6.21. The molecule has 0 unspecified atom stereocenters. The summed E-state index contributed by atoms with van der Waals surface area (Å²) in [5, 5.41) is 2.90. The highest BCUT2D eigenvalue weighted by atomic mass is 16.5. The van der Waals surface area contributed by atoms with Gasteiger partial charge in [-0.15, -0.1) is 0 Å². The van der Waals surface area contributed by atoms with Gasteiger partial charge in [-0.05, 0) is 51.5 Å². The SMILES string of the molecule is CCN(CC)CCCCNC(=O)CCC(=O)c1cc(C)ccc1OC. The summed E-state index contributed by atoms with van der Waals surface area (Å²) in [7, 11) is 1.55. The Balaban J connectivity index is 2.30. The van der Waals surface area contributed by atoms with Crippen LogP contribution in [0.5, 0.6) is 5.75 Å². The Labute approximate surface area is 151 Å². The number of rotatable bonds is 12. The van der Waals surface area contributed by atoms with Gasteiger partial charge in [0.15, 0.2) is 5.78 Å². The van der Waals surface area contributed by atoms with E-state index in [-0.39, 0.29) is 24.5 Å². The predicted molar refractivity (Wildman–Crippen MR) is 101 cm³/mol. The Morgan fingerprint density at radius 3 is 2.48 bits per heavy atom. The molecular formula is C20H32N2O3. The van der Waals surface area contributed by atoms with Gasteiger partial charge in [-0.25, -0.2) is 0 Å².